The molecule has 2 amide bonds. The van der Waals surface area contributed by atoms with Gasteiger partial charge in [-0.3, -0.25) is 9.59 Å². The molecular weight excluding hydrogens is 254 g/mol. The number of amides is 2. The molecule has 2 rings (SSSR count). The van der Waals surface area contributed by atoms with Gasteiger partial charge in [-0.15, -0.1) is 0 Å². The summed E-state index contributed by atoms with van der Waals surface area (Å²) in [6.07, 6.45) is 1.52. The second-order valence-corrected chi connectivity index (χ2v) is 5.45. The fourth-order valence-electron chi connectivity index (χ4n) is 2.17. The average Bonchev–Trinajstić information content (AvgIpc) is 2.85. The first-order valence-electron chi connectivity index (χ1n) is 6.96. The number of benzene rings is 1. The maximum Gasteiger partial charge on any atom is 0.241 e. The molecule has 1 aliphatic heterocycles. The highest BCUT2D eigenvalue weighted by molar-refractivity contribution is 5.97. The van der Waals surface area contributed by atoms with E-state index in [0.29, 0.717) is 12.1 Å². The van der Waals surface area contributed by atoms with Gasteiger partial charge in [0, 0.05) is 24.3 Å². The maximum absolute atomic E-state index is 11.8. The minimum Gasteiger partial charge on any atom is -0.325 e. The molecule has 5 nitrogen and oxygen atoms in total. The van der Waals surface area contributed by atoms with Crippen molar-refractivity contribution >= 4 is 23.2 Å². The van der Waals surface area contributed by atoms with E-state index in [-0.39, 0.29) is 17.7 Å². The molecule has 1 atom stereocenters. The number of anilines is 2. The minimum absolute atomic E-state index is 0.0940. The number of nitrogens with two attached hydrogens (primary N) is 1. The van der Waals surface area contributed by atoms with Crippen LogP contribution in [0.25, 0.3) is 0 Å². The van der Waals surface area contributed by atoms with Gasteiger partial charge in [-0.2, -0.15) is 0 Å². The van der Waals surface area contributed by atoms with Crippen LogP contribution >= 0.6 is 0 Å². The number of nitrogens with zero attached hydrogens (tertiary/aromatic N) is 1. The van der Waals surface area contributed by atoms with Crippen LogP contribution in [0.4, 0.5) is 11.4 Å². The van der Waals surface area contributed by atoms with Crippen molar-refractivity contribution in [3.05, 3.63) is 24.3 Å². The van der Waals surface area contributed by atoms with E-state index in [0.717, 1.165) is 18.7 Å². The van der Waals surface area contributed by atoms with E-state index in [2.05, 4.69) is 5.32 Å². The van der Waals surface area contributed by atoms with E-state index >= 15 is 0 Å². The molecule has 1 aromatic rings. The third-order valence-electron chi connectivity index (χ3n) is 3.54. The highest BCUT2D eigenvalue weighted by atomic mass is 16.2. The zero-order chi connectivity index (χ0) is 14.7. The quantitative estimate of drug-likeness (QED) is 0.878. The molecule has 108 valence electrons. The van der Waals surface area contributed by atoms with Gasteiger partial charge in [0.1, 0.15) is 0 Å². The van der Waals surface area contributed by atoms with E-state index in [1.54, 1.807) is 17.0 Å². The van der Waals surface area contributed by atoms with Gasteiger partial charge < -0.3 is 16.0 Å². The standard InChI is InChI=1S/C15H21N3O2/c1-10(2)14(16)15(20)17-11-5-7-12(8-6-11)18-9-3-4-13(18)19/h5-8,10,14H,3-4,9,16H2,1-2H3,(H,17,20)/t14-/m1/s1. The topological polar surface area (TPSA) is 75.4 Å². The number of rotatable bonds is 4. The Hall–Kier alpha value is -1.88. The summed E-state index contributed by atoms with van der Waals surface area (Å²) in [5.41, 5.74) is 7.36. The molecule has 0 spiro atoms. The third kappa shape index (κ3) is 3.17. The van der Waals surface area contributed by atoms with Crippen LogP contribution in [0.3, 0.4) is 0 Å². The zero-order valence-corrected chi connectivity index (χ0v) is 11.9. The van der Waals surface area contributed by atoms with Crippen LogP contribution in [0.1, 0.15) is 26.7 Å². The van der Waals surface area contributed by atoms with Crippen molar-refractivity contribution in [1.82, 2.24) is 0 Å². The van der Waals surface area contributed by atoms with Crippen LogP contribution in [-0.4, -0.2) is 24.4 Å². The number of hydrogen-bond acceptors (Lipinski definition) is 3. The van der Waals surface area contributed by atoms with Gasteiger partial charge in [0.05, 0.1) is 6.04 Å². The van der Waals surface area contributed by atoms with Crippen LogP contribution in [0.15, 0.2) is 24.3 Å². The molecule has 1 fully saturated rings. The van der Waals surface area contributed by atoms with Gasteiger partial charge in [-0.05, 0) is 36.6 Å². The van der Waals surface area contributed by atoms with Crippen molar-refractivity contribution in [2.45, 2.75) is 32.7 Å². The van der Waals surface area contributed by atoms with Crippen LogP contribution in [0, 0.1) is 5.92 Å². The van der Waals surface area contributed by atoms with Gasteiger partial charge in [-0.1, -0.05) is 13.8 Å². The normalized spacial score (nSPS) is 16.6. The zero-order valence-electron chi connectivity index (χ0n) is 11.9. The molecule has 1 aliphatic rings. The Morgan fingerprint density at radius 2 is 1.95 bits per heavy atom. The van der Waals surface area contributed by atoms with Gasteiger partial charge >= 0.3 is 0 Å². The molecular formula is C15H21N3O2. The summed E-state index contributed by atoms with van der Waals surface area (Å²) in [5.74, 6) is 0.0603. The van der Waals surface area contributed by atoms with E-state index in [1.807, 2.05) is 26.0 Å². The third-order valence-corrected chi connectivity index (χ3v) is 3.54. The molecule has 1 aromatic carbocycles. The highest BCUT2D eigenvalue weighted by Crippen LogP contribution is 2.23. The van der Waals surface area contributed by atoms with Gasteiger partial charge in [-0.25, -0.2) is 0 Å². The molecule has 0 saturated carbocycles. The van der Waals surface area contributed by atoms with Gasteiger partial charge in [0.15, 0.2) is 0 Å². The Labute approximate surface area is 119 Å². The van der Waals surface area contributed by atoms with E-state index in [9.17, 15) is 9.59 Å². The molecule has 0 aromatic heterocycles. The van der Waals surface area contributed by atoms with Gasteiger partial charge in [0.2, 0.25) is 11.8 Å². The average molecular weight is 275 g/mol. The van der Waals surface area contributed by atoms with Crippen molar-refractivity contribution in [3.63, 3.8) is 0 Å². The number of carbonyl (C=O) groups is 2. The largest absolute Gasteiger partial charge is 0.325 e. The fraction of sp³-hybridized carbons (Fsp3) is 0.467. The number of carbonyl (C=O) groups excluding carboxylic acids is 2. The first kappa shape index (κ1) is 14.5. The van der Waals surface area contributed by atoms with E-state index < -0.39 is 6.04 Å². The van der Waals surface area contributed by atoms with Crippen LogP contribution < -0.4 is 16.0 Å². The summed E-state index contributed by atoms with van der Waals surface area (Å²) in [4.78, 5) is 25.3. The summed E-state index contributed by atoms with van der Waals surface area (Å²) < 4.78 is 0. The van der Waals surface area contributed by atoms with Crippen LogP contribution in [0.2, 0.25) is 0 Å². The second-order valence-electron chi connectivity index (χ2n) is 5.45. The monoisotopic (exact) mass is 275 g/mol. The highest BCUT2D eigenvalue weighted by Gasteiger charge is 2.21. The van der Waals surface area contributed by atoms with Crippen molar-refractivity contribution in [2.75, 3.05) is 16.8 Å². The van der Waals surface area contributed by atoms with Crippen molar-refractivity contribution in [2.24, 2.45) is 11.7 Å². The lowest BCUT2D eigenvalue weighted by atomic mass is 10.0. The van der Waals surface area contributed by atoms with E-state index in [4.69, 9.17) is 5.73 Å². The lowest BCUT2D eigenvalue weighted by Crippen LogP contribution is -2.39. The molecule has 0 aliphatic carbocycles. The fourth-order valence-corrected chi connectivity index (χ4v) is 2.17. The van der Waals surface area contributed by atoms with Crippen molar-refractivity contribution in [1.29, 1.82) is 0 Å². The molecule has 0 unspecified atom stereocenters. The molecule has 0 bridgehead atoms. The van der Waals surface area contributed by atoms with Crippen molar-refractivity contribution in [3.8, 4) is 0 Å². The Kier molecular flexibility index (Phi) is 4.39. The SMILES string of the molecule is CC(C)[C@@H](N)C(=O)Nc1ccc(N2CCCC2=O)cc1. The first-order valence-corrected chi connectivity index (χ1v) is 6.96. The smallest absolute Gasteiger partial charge is 0.241 e. The summed E-state index contributed by atoms with van der Waals surface area (Å²) in [5, 5.41) is 2.78. The Balaban J connectivity index is 2.01. The van der Waals surface area contributed by atoms with E-state index in [1.165, 1.54) is 0 Å². The lowest BCUT2D eigenvalue weighted by Gasteiger charge is -2.17. The summed E-state index contributed by atoms with van der Waals surface area (Å²) >= 11 is 0. The maximum atomic E-state index is 11.8. The minimum atomic E-state index is -0.519. The molecule has 5 heteroatoms. The first-order chi connectivity index (χ1) is 9.49. The molecule has 0 radical (unpaired) electrons. The summed E-state index contributed by atoms with van der Waals surface area (Å²) in [6, 6.07) is 6.77. The van der Waals surface area contributed by atoms with Gasteiger partial charge in [0.25, 0.3) is 0 Å². The molecule has 1 heterocycles. The summed E-state index contributed by atoms with van der Waals surface area (Å²) in [6.45, 7) is 4.58. The molecule has 1 saturated heterocycles. The summed E-state index contributed by atoms with van der Waals surface area (Å²) in [7, 11) is 0. The lowest BCUT2D eigenvalue weighted by molar-refractivity contribution is -0.118. The Bertz CT molecular complexity index is 496. The molecule has 20 heavy (non-hydrogen) atoms. The number of hydrogen-bond donors (Lipinski definition) is 2. The molecule has 3 N–H and O–H groups in total. The van der Waals surface area contributed by atoms with Crippen LogP contribution in [-0.2, 0) is 9.59 Å². The second kappa shape index (κ2) is 6.05. The predicted molar refractivity (Wildman–Crippen MR) is 79.5 cm³/mol. The Morgan fingerprint density at radius 3 is 2.45 bits per heavy atom. The van der Waals surface area contributed by atoms with Crippen LogP contribution in [0.5, 0.6) is 0 Å². The number of nitrogens with one attached hydrogen (secondary N) is 1. The van der Waals surface area contributed by atoms with Crippen molar-refractivity contribution < 1.29 is 9.59 Å². The Morgan fingerprint density at radius 1 is 1.30 bits per heavy atom. The predicted octanol–water partition coefficient (Wildman–Crippen LogP) is 1.74.